The van der Waals surface area contributed by atoms with Crippen LogP contribution in [0, 0.1) is 0 Å². The Balaban J connectivity index is 2.15. The largest absolute Gasteiger partial charge is 0.503 e. The number of thiophene rings is 1. The molecule has 0 aliphatic carbocycles. The molecule has 6 heteroatoms. The van der Waals surface area contributed by atoms with Gasteiger partial charge in [0.25, 0.3) is 0 Å². The van der Waals surface area contributed by atoms with Gasteiger partial charge in [-0.15, -0.1) is 11.3 Å². The van der Waals surface area contributed by atoms with Gasteiger partial charge < -0.3 is 19.5 Å². The minimum atomic E-state index is -1.54. The minimum absolute atomic E-state index is 0.392. The molecular weight excluding hydrogens is 251 g/mol. The summed E-state index contributed by atoms with van der Waals surface area (Å²) >= 11 is 1.29. The minimum Gasteiger partial charge on any atom is -0.486 e. The fourth-order valence-electron chi connectivity index (χ4n) is 1.92. The highest BCUT2D eigenvalue weighted by molar-refractivity contribution is 7.25. The van der Waals surface area contributed by atoms with Crippen molar-refractivity contribution < 1.29 is 19.5 Å². The summed E-state index contributed by atoms with van der Waals surface area (Å²) in [5.74, 6) is 1.07. The second-order valence-electron chi connectivity index (χ2n) is 3.89. The van der Waals surface area contributed by atoms with E-state index in [0.29, 0.717) is 29.5 Å². The molecule has 3 rings (SSSR count). The van der Waals surface area contributed by atoms with Crippen LogP contribution in [0.1, 0.15) is 0 Å². The Kier molecular flexibility index (Phi) is 2.99. The molecule has 0 saturated heterocycles. The molecule has 18 heavy (non-hydrogen) atoms. The van der Waals surface area contributed by atoms with Gasteiger partial charge in [0, 0.05) is 0 Å². The number of benzene rings is 1. The first-order valence-corrected chi connectivity index (χ1v) is 6.43. The first kappa shape index (κ1) is 11.6. The van der Waals surface area contributed by atoms with Crippen molar-refractivity contribution in [1.29, 1.82) is 0 Å². The molecule has 1 aliphatic rings. The summed E-state index contributed by atoms with van der Waals surface area (Å²) in [6.07, 6.45) is 0. The lowest BCUT2D eigenvalue weighted by atomic mass is 9.88. The quantitative estimate of drug-likeness (QED) is 0.788. The van der Waals surface area contributed by atoms with E-state index in [1.165, 1.54) is 11.3 Å². The normalized spacial score (nSPS) is 13.4. The molecule has 1 aliphatic heterocycles. The van der Waals surface area contributed by atoms with Crippen LogP contribution in [0.25, 0.3) is 10.4 Å². The third-order valence-corrected chi connectivity index (χ3v) is 3.94. The summed E-state index contributed by atoms with van der Waals surface area (Å²) < 4.78 is 11.5. The van der Waals surface area contributed by atoms with E-state index in [9.17, 15) is 10.0 Å². The molecule has 0 radical (unpaired) electrons. The van der Waals surface area contributed by atoms with E-state index in [1.807, 2.05) is 30.3 Å². The Labute approximate surface area is 109 Å². The van der Waals surface area contributed by atoms with Crippen molar-refractivity contribution in [3.63, 3.8) is 0 Å². The summed E-state index contributed by atoms with van der Waals surface area (Å²) in [4.78, 5) is 0.869. The maximum absolute atomic E-state index is 9.37. The second-order valence-corrected chi connectivity index (χ2v) is 4.94. The molecule has 2 heterocycles. The van der Waals surface area contributed by atoms with Crippen LogP contribution >= 0.6 is 11.3 Å². The van der Waals surface area contributed by atoms with Crippen molar-refractivity contribution in [3.8, 4) is 21.9 Å². The molecule has 0 fully saturated rings. The average molecular weight is 262 g/mol. The van der Waals surface area contributed by atoms with Gasteiger partial charge in [-0.05, 0) is 5.56 Å². The van der Waals surface area contributed by atoms with Gasteiger partial charge in [-0.2, -0.15) is 0 Å². The lowest BCUT2D eigenvalue weighted by molar-refractivity contribution is 0.175. The highest BCUT2D eigenvalue weighted by atomic mass is 32.1. The van der Waals surface area contributed by atoms with E-state index in [0.717, 1.165) is 10.4 Å². The van der Waals surface area contributed by atoms with Crippen LogP contribution < -0.4 is 14.3 Å². The molecule has 0 spiro atoms. The predicted octanol–water partition coefficient (Wildman–Crippen LogP) is 0.866. The summed E-state index contributed by atoms with van der Waals surface area (Å²) in [6.45, 7) is 0.905. The molecule has 1 aromatic carbocycles. The molecule has 0 bridgehead atoms. The zero-order valence-electron chi connectivity index (χ0n) is 9.50. The van der Waals surface area contributed by atoms with Crippen molar-refractivity contribution in [1.82, 2.24) is 0 Å². The van der Waals surface area contributed by atoms with Crippen LogP contribution in [-0.2, 0) is 0 Å². The van der Waals surface area contributed by atoms with Crippen LogP contribution in [0.3, 0.4) is 0 Å². The predicted molar refractivity (Wildman–Crippen MR) is 70.6 cm³/mol. The molecule has 4 nitrogen and oxygen atoms in total. The molecule has 0 amide bonds. The summed E-state index contributed by atoms with van der Waals surface area (Å²) in [7, 11) is -1.54. The second kappa shape index (κ2) is 4.64. The molecule has 0 unspecified atom stereocenters. The Hall–Kier alpha value is -1.50. The van der Waals surface area contributed by atoms with Crippen LogP contribution in [0.5, 0.6) is 11.5 Å². The first-order chi connectivity index (χ1) is 8.77. The van der Waals surface area contributed by atoms with Gasteiger partial charge in [-0.1, -0.05) is 30.3 Å². The van der Waals surface area contributed by atoms with Gasteiger partial charge in [-0.3, -0.25) is 0 Å². The van der Waals surface area contributed by atoms with Crippen LogP contribution in [-0.4, -0.2) is 30.4 Å². The van der Waals surface area contributed by atoms with Gasteiger partial charge in [0.2, 0.25) is 0 Å². The monoisotopic (exact) mass is 262 g/mol. The number of rotatable bonds is 2. The lowest BCUT2D eigenvalue weighted by Crippen LogP contribution is -2.30. The number of hydrogen-bond acceptors (Lipinski definition) is 5. The lowest BCUT2D eigenvalue weighted by Gasteiger charge is -2.17. The molecule has 0 saturated carbocycles. The van der Waals surface area contributed by atoms with E-state index in [-0.39, 0.29) is 0 Å². The smallest absolute Gasteiger partial charge is 0.486 e. The molecule has 92 valence electrons. The average Bonchev–Trinajstić information content (AvgIpc) is 2.79. The van der Waals surface area contributed by atoms with Gasteiger partial charge in [0.05, 0.1) is 9.65 Å². The number of ether oxygens (including phenoxy) is 2. The van der Waals surface area contributed by atoms with Crippen molar-refractivity contribution in [2.75, 3.05) is 13.2 Å². The number of fused-ring (bicyclic) bond motifs is 1. The summed E-state index contributed by atoms with van der Waals surface area (Å²) in [6, 6.07) is 9.71. The van der Waals surface area contributed by atoms with Crippen molar-refractivity contribution in [3.05, 3.63) is 30.3 Å². The summed E-state index contributed by atoms with van der Waals surface area (Å²) in [5.41, 5.74) is 0.983. The van der Waals surface area contributed by atoms with E-state index in [1.54, 1.807) is 0 Å². The fraction of sp³-hybridized carbons (Fsp3) is 0.167. The standard InChI is InChI=1S/C12H11BO4S/c14-13(15)12-10-9(16-6-7-17-10)11(18-12)8-4-2-1-3-5-8/h1-5,14-15H,6-7H2. The Morgan fingerprint density at radius 2 is 1.67 bits per heavy atom. The van der Waals surface area contributed by atoms with Crippen molar-refractivity contribution in [2.24, 2.45) is 0 Å². The van der Waals surface area contributed by atoms with Gasteiger partial charge in [-0.25, -0.2) is 0 Å². The number of hydrogen-bond donors (Lipinski definition) is 2. The summed E-state index contributed by atoms with van der Waals surface area (Å²) in [5, 5.41) is 18.7. The van der Waals surface area contributed by atoms with Crippen molar-refractivity contribution >= 4 is 23.2 Å². The van der Waals surface area contributed by atoms with Crippen LogP contribution in [0.15, 0.2) is 30.3 Å². The first-order valence-electron chi connectivity index (χ1n) is 5.61. The maximum atomic E-state index is 9.37. The van der Waals surface area contributed by atoms with Crippen molar-refractivity contribution in [2.45, 2.75) is 0 Å². The van der Waals surface area contributed by atoms with Gasteiger partial charge >= 0.3 is 7.12 Å². The Morgan fingerprint density at radius 3 is 2.33 bits per heavy atom. The Bertz CT molecular complexity index is 553. The van der Waals surface area contributed by atoms with E-state index in [2.05, 4.69) is 0 Å². The molecule has 0 atom stereocenters. The van der Waals surface area contributed by atoms with Gasteiger partial charge in [0.15, 0.2) is 11.5 Å². The molecule has 2 aromatic rings. The third-order valence-electron chi connectivity index (χ3n) is 2.69. The zero-order chi connectivity index (χ0) is 12.5. The maximum Gasteiger partial charge on any atom is 0.503 e. The molecule has 1 aromatic heterocycles. The van der Waals surface area contributed by atoms with E-state index < -0.39 is 7.12 Å². The third kappa shape index (κ3) is 1.88. The SMILES string of the molecule is OB(O)c1sc(-c2ccccc2)c2c1OCCO2. The van der Waals surface area contributed by atoms with Crippen LogP contribution in [0.4, 0.5) is 0 Å². The highest BCUT2D eigenvalue weighted by Gasteiger charge is 2.30. The van der Waals surface area contributed by atoms with E-state index >= 15 is 0 Å². The fourth-order valence-corrected chi connectivity index (χ4v) is 2.99. The highest BCUT2D eigenvalue weighted by Crippen LogP contribution is 2.43. The van der Waals surface area contributed by atoms with Crippen LogP contribution in [0.2, 0.25) is 0 Å². The Morgan fingerprint density at radius 1 is 1.00 bits per heavy atom. The molecule has 2 N–H and O–H groups in total. The topological polar surface area (TPSA) is 58.9 Å². The van der Waals surface area contributed by atoms with E-state index in [4.69, 9.17) is 9.47 Å². The zero-order valence-corrected chi connectivity index (χ0v) is 10.3. The van der Waals surface area contributed by atoms with Gasteiger partial charge in [0.1, 0.15) is 13.2 Å². The molecular formula is C12H11BO4S.